The van der Waals surface area contributed by atoms with Crippen molar-refractivity contribution in [2.24, 2.45) is 0 Å². The van der Waals surface area contributed by atoms with Gasteiger partial charge in [0.25, 0.3) is 5.91 Å². The van der Waals surface area contributed by atoms with Crippen molar-refractivity contribution in [3.63, 3.8) is 0 Å². The molecule has 2 aromatic rings. The van der Waals surface area contributed by atoms with Crippen LogP contribution in [-0.4, -0.2) is 22.4 Å². The number of aromatic nitrogens is 1. The third-order valence-electron chi connectivity index (χ3n) is 2.74. The maximum absolute atomic E-state index is 12.2. The summed E-state index contributed by atoms with van der Waals surface area (Å²) in [5, 5.41) is 16.7. The normalized spacial score (nSPS) is 9.95. The molecule has 0 aliphatic carbocycles. The van der Waals surface area contributed by atoms with Gasteiger partial charge in [-0.1, -0.05) is 12.1 Å². The monoisotopic (exact) mass is 286 g/mol. The van der Waals surface area contributed by atoms with Gasteiger partial charge in [-0.15, -0.1) is 0 Å². The van der Waals surface area contributed by atoms with E-state index in [1.54, 1.807) is 30.3 Å². The van der Waals surface area contributed by atoms with E-state index >= 15 is 0 Å². The number of para-hydroxylation sites is 1. The Balaban J connectivity index is 2.36. The maximum atomic E-state index is 12.2. The first-order valence-electron chi connectivity index (χ1n) is 6.37. The van der Waals surface area contributed by atoms with E-state index in [9.17, 15) is 14.9 Å². The molecule has 0 atom stereocenters. The molecular weight excluding hydrogens is 272 g/mol. The zero-order valence-corrected chi connectivity index (χ0v) is 11.4. The number of hydrogen-bond acceptors (Lipinski definition) is 5. The molecule has 108 valence electrons. The molecule has 1 aromatic heterocycles. The van der Waals surface area contributed by atoms with Crippen LogP contribution in [-0.2, 0) is 0 Å². The van der Waals surface area contributed by atoms with Gasteiger partial charge in [0.2, 0.25) is 0 Å². The highest BCUT2D eigenvalue weighted by atomic mass is 16.6. The lowest BCUT2D eigenvalue weighted by Gasteiger charge is -2.09. The van der Waals surface area contributed by atoms with Crippen LogP contribution in [0.15, 0.2) is 42.6 Å². The molecule has 0 bridgehead atoms. The van der Waals surface area contributed by atoms with Crippen molar-refractivity contribution in [3.8, 4) is 0 Å². The Kier molecular flexibility index (Phi) is 4.45. The Morgan fingerprint density at radius 2 is 2.10 bits per heavy atom. The molecule has 0 spiro atoms. The minimum atomic E-state index is -0.569. The van der Waals surface area contributed by atoms with Gasteiger partial charge in [0.05, 0.1) is 4.92 Å². The number of nitrogens with one attached hydrogen (secondary N) is 2. The van der Waals surface area contributed by atoms with Gasteiger partial charge in [-0.2, -0.15) is 0 Å². The highest BCUT2D eigenvalue weighted by Gasteiger charge is 2.24. The van der Waals surface area contributed by atoms with Crippen molar-refractivity contribution in [2.75, 3.05) is 17.2 Å². The summed E-state index contributed by atoms with van der Waals surface area (Å²) >= 11 is 0. The fourth-order valence-corrected chi connectivity index (χ4v) is 1.88. The first kappa shape index (κ1) is 14.4. The molecule has 0 fully saturated rings. The average molecular weight is 286 g/mol. The number of nitrogens with zero attached hydrogens (tertiary/aromatic N) is 2. The van der Waals surface area contributed by atoms with Gasteiger partial charge in [0.15, 0.2) is 0 Å². The van der Waals surface area contributed by atoms with Crippen molar-refractivity contribution in [3.05, 3.63) is 58.3 Å². The molecule has 21 heavy (non-hydrogen) atoms. The van der Waals surface area contributed by atoms with Crippen molar-refractivity contribution in [2.45, 2.75) is 6.92 Å². The van der Waals surface area contributed by atoms with Gasteiger partial charge in [-0.3, -0.25) is 14.9 Å². The summed E-state index contributed by atoms with van der Waals surface area (Å²) in [6.07, 6.45) is 1.53. The Morgan fingerprint density at radius 3 is 2.71 bits per heavy atom. The van der Waals surface area contributed by atoms with Gasteiger partial charge in [0, 0.05) is 12.7 Å². The van der Waals surface area contributed by atoms with E-state index < -0.39 is 10.8 Å². The average Bonchev–Trinajstić information content (AvgIpc) is 2.48. The number of anilines is 2. The van der Waals surface area contributed by atoms with Crippen LogP contribution >= 0.6 is 0 Å². The zero-order chi connectivity index (χ0) is 15.2. The first-order chi connectivity index (χ1) is 10.1. The molecule has 1 heterocycles. The quantitative estimate of drug-likeness (QED) is 0.650. The highest BCUT2D eigenvalue weighted by molar-refractivity contribution is 6.08. The molecule has 0 unspecified atom stereocenters. The predicted octanol–water partition coefficient (Wildman–Crippen LogP) is 2.67. The first-order valence-corrected chi connectivity index (χ1v) is 6.37. The smallest absolute Gasteiger partial charge is 0.305 e. The van der Waals surface area contributed by atoms with Crippen LogP contribution in [0.1, 0.15) is 17.3 Å². The molecule has 2 rings (SSSR count). The number of nitro groups is 1. The molecule has 0 saturated carbocycles. The van der Waals surface area contributed by atoms with Crippen molar-refractivity contribution in [1.82, 2.24) is 4.98 Å². The third-order valence-corrected chi connectivity index (χ3v) is 2.74. The molecule has 7 nitrogen and oxygen atoms in total. The summed E-state index contributed by atoms with van der Waals surface area (Å²) in [5.74, 6) is -0.231. The molecule has 0 aliphatic rings. The van der Waals surface area contributed by atoms with Crippen LogP contribution in [0.25, 0.3) is 0 Å². The summed E-state index contributed by atoms with van der Waals surface area (Å²) in [7, 11) is 0. The molecule has 1 aromatic carbocycles. The fraction of sp³-hybridized carbons (Fsp3) is 0.143. The SMILES string of the molecule is CCNc1cccc(C(=O)Nc2ccccn2)c1[N+](=O)[O-]. The lowest BCUT2D eigenvalue weighted by molar-refractivity contribution is -0.384. The third kappa shape index (κ3) is 3.33. The fourth-order valence-electron chi connectivity index (χ4n) is 1.88. The maximum Gasteiger partial charge on any atom is 0.305 e. The Bertz CT molecular complexity index is 659. The summed E-state index contributed by atoms with van der Waals surface area (Å²) in [6, 6.07) is 9.61. The lowest BCUT2D eigenvalue weighted by atomic mass is 10.1. The minimum absolute atomic E-state index is 0.0101. The standard InChI is InChI=1S/C14H14N4O3/c1-2-15-11-7-5-6-10(13(11)18(20)21)14(19)17-12-8-3-4-9-16-12/h3-9,15H,2H2,1H3,(H,16,17,19). The largest absolute Gasteiger partial charge is 0.380 e. The number of pyridine rings is 1. The van der Waals surface area contributed by atoms with Crippen LogP contribution in [0.2, 0.25) is 0 Å². The number of benzene rings is 1. The Hall–Kier alpha value is -2.96. The summed E-state index contributed by atoms with van der Waals surface area (Å²) in [6.45, 7) is 2.34. The number of rotatable bonds is 5. The zero-order valence-electron chi connectivity index (χ0n) is 11.4. The van der Waals surface area contributed by atoms with Gasteiger partial charge >= 0.3 is 5.69 Å². The van der Waals surface area contributed by atoms with Gasteiger partial charge in [-0.05, 0) is 31.2 Å². The molecule has 0 radical (unpaired) electrons. The van der Waals surface area contributed by atoms with Crippen molar-refractivity contribution in [1.29, 1.82) is 0 Å². The Labute approximate surface area is 121 Å². The van der Waals surface area contributed by atoms with E-state index in [1.807, 2.05) is 6.92 Å². The van der Waals surface area contributed by atoms with Gasteiger partial charge < -0.3 is 10.6 Å². The number of hydrogen-bond donors (Lipinski definition) is 2. The van der Waals surface area contributed by atoms with Crippen molar-refractivity contribution < 1.29 is 9.72 Å². The summed E-state index contributed by atoms with van der Waals surface area (Å²) in [5.41, 5.74) is 0.0630. The minimum Gasteiger partial charge on any atom is -0.380 e. The predicted molar refractivity (Wildman–Crippen MR) is 79.5 cm³/mol. The summed E-state index contributed by atoms with van der Waals surface area (Å²) in [4.78, 5) is 26.9. The second kappa shape index (κ2) is 6.47. The number of nitro benzene ring substituents is 1. The van der Waals surface area contributed by atoms with E-state index in [4.69, 9.17) is 0 Å². The van der Waals surface area contributed by atoms with E-state index in [0.29, 0.717) is 18.1 Å². The molecule has 2 N–H and O–H groups in total. The molecule has 1 amide bonds. The van der Waals surface area contributed by atoms with Gasteiger partial charge in [0.1, 0.15) is 17.1 Å². The molecule has 0 saturated heterocycles. The van der Waals surface area contributed by atoms with E-state index in [2.05, 4.69) is 15.6 Å². The van der Waals surface area contributed by atoms with E-state index in [1.165, 1.54) is 12.3 Å². The number of carbonyl (C=O) groups is 1. The van der Waals surface area contributed by atoms with Crippen LogP contribution in [0.5, 0.6) is 0 Å². The highest BCUT2D eigenvalue weighted by Crippen LogP contribution is 2.29. The number of carbonyl (C=O) groups excluding carboxylic acids is 1. The molecule has 7 heteroatoms. The van der Waals surface area contributed by atoms with Crippen LogP contribution in [0, 0.1) is 10.1 Å². The number of amides is 1. The van der Waals surface area contributed by atoms with Crippen LogP contribution in [0.3, 0.4) is 0 Å². The van der Waals surface area contributed by atoms with Gasteiger partial charge in [-0.25, -0.2) is 4.98 Å². The second-order valence-corrected chi connectivity index (χ2v) is 4.16. The molecule has 0 aliphatic heterocycles. The second-order valence-electron chi connectivity index (χ2n) is 4.16. The lowest BCUT2D eigenvalue weighted by Crippen LogP contribution is -2.15. The van der Waals surface area contributed by atoms with Crippen LogP contribution < -0.4 is 10.6 Å². The molecular formula is C14H14N4O3. The Morgan fingerprint density at radius 1 is 1.29 bits per heavy atom. The van der Waals surface area contributed by atoms with Crippen molar-refractivity contribution >= 4 is 23.1 Å². The topological polar surface area (TPSA) is 97.2 Å². The van der Waals surface area contributed by atoms with Crippen LogP contribution in [0.4, 0.5) is 17.2 Å². The van der Waals surface area contributed by atoms with E-state index in [0.717, 1.165) is 0 Å². The van der Waals surface area contributed by atoms with E-state index in [-0.39, 0.29) is 11.3 Å². The summed E-state index contributed by atoms with van der Waals surface area (Å²) < 4.78 is 0.